The number of aromatic nitrogens is 4. The first-order valence-electron chi connectivity index (χ1n) is 11.4. The number of rotatable bonds is 5. The number of amides is 1. The van der Waals surface area contributed by atoms with E-state index in [1.54, 1.807) is 23.9 Å². The van der Waals surface area contributed by atoms with Gasteiger partial charge in [0, 0.05) is 36.8 Å². The Morgan fingerprint density at radius 3 is 2.83 bits per heavy atom. The summed E-state index contributed by atoms with van der Waals surface area (Å²) in [6.45, 7) is 3.94. The van der Waals surface area contributed by atoms with Gasteiger partial charge in [-0.1, -0.05) is 23.7 Å². The van der Waals surface area contributed by atoms with Gasteiger partial charge in [0.2, 0.25) is 5.91 Å². The lowest BCUT2D eigenvalue weighted by molar-refractivity contribution is -0.126. The van der Waals surface area contributed by atoms with E-state index in [4.69, 9.17) is 11.6 Å². The molecule has 0 bridgehead atoms. The summed E-state index contributed by atoms with van der Waals surface area (Å²) in [5, 5.41) is 8.89. The number of aryl methyl sites for hydroxylation is 1. The zero-order valence-electron chi connectivity index (χ0n) is 19.8. The average Bonchev–Trinajstić information content (AvgIpc) is 3.31. The van der Waals surface area contributed by atoms with Crippen LogP contribution in [0.4, 0.5) is 10.2 Å². The zero-order chi connectivity index (χ0) is 25.4. The van der Waals surface area contributed by atoms with Crippen LogP contribution in [0.15, 0.2) is 53.4 Å². The molecule has 1 unspecified atom stereocenters. The third-order valence-corrected chi connectivity index (χ3v) is 7.65. The number of carbonyl (C=O) groups excluding carboxylic acids is 1. The van der Waals surface area contributed by atoms with Crippen molar-refractivity contribution in [2.75, 3.05) is 31.6 Å². The number of likely N-dealkylation sites (N-methyl/N-ethyl adjacent to an activating group) is 1. The molecule has 2 aromatic carbocycles. The molecular formula is C25H24BrClFN7O. The minimum atomic E-state index is -0.365. The molecule has 0 spiro atoms. The molecule has 1 atom stereocenters. The fraction of sp³-hybridized carbons (Fsp3) is 0.280. The topological polar surface area (TPSA) is 79.2 Å². The normalized spacial score (nSPS) is 16.5. The van der Waals surface area contributed by atoms with Crippen LogP contribution in [0.25, 0.3) is 16.7 Å². The van der Waals surface area contributed by atoms with Crippen molar-refractivity contribution in [3.63, 3.8) is 0 Å². The number of fused-ring (bicyclic) bond motifs is 1. The fourth-order valence-corrected chi connectivity index (χ4v) is 4.69. The lowest BCUT2D eigenvalue weighted by Gasteiger charge is -2.39. The third kappa shape index (κ3) is 4.93. The Labute approximate surface area is 221 Å². The highest BCUT2D eigenvalue weighted by molar-refractivity contribution is 9.10. The highest BCUT2D eigenvalue weighted by Crippen LogP contribution is 2.26. The maximum absolute atomic E-state index is 14.1. The van der Waals surface area contributed by atoms with E-state index in [-0.39, 0.29) is 17.8 Å². The number of nitrogens with one attached hydrogen (secondary N) is 1. The second kappa shape index (κ2) is 10.1. The monoisotopic (exact) mass is 571 g/mol. The van der Waals surface area contributed by atoms with E-state index in [1.807, 2.05) is 36.2 Å². The Kier molecular flexibility index (Phi) is 6.92. The molecule has 0 saturated carbocycles. The van der Waals surface area contributed by atoms with Gasteiger partial charge in [-0.2, -0.15) is 0 Å². The Morgan fingerprint density at radius 2 is 2.06 bits per heavy atom. The first kappa shape index (κ1) is 24.6. The molecule has 0 aliphatic carbocycles. The number of carbonyl (C=O) groups is 1. The largest absolute Gasteiger partial charge is 0.353 e. The van der Waals surface area contributed by atoms with E-state index in [0.29, 0.717) is 53.9 Å². The second-order valence-electron chi connectivity index (χ2n) is 8.85. The van der Waals surface area contributed by atoms with Crippen LogP contribution < -0.4 is 10.2 Å². The fourth-order valence-electron chi connectivity index (χ4n) is 4.24. The molecule has 186 valence electrons. The number of hydrogen-bond donors (Lipinski definition) is 1. The van der Waals surface area contributed by atoms with E-state index in [1.165, 1.54) is 12.4 Å². The molecule has 4 aromatic rings. The molecule has 1 N–H and O–H groups in total. The molecule has 1 aliphatic rings. The molecule has 8 nitrogen and oxygen atoms in total. The van der Waals surface area contributed by atoms with Gasteiger partial charge in [-0.25, -0.2) is 19.0 Å². The van der Waals surface area contributed by atoms with Gasteiger partial charge in [0.05, 0.1) is 16.1 Å². The van der Waals surface area contributed by atoms with Gasteiger partial charge < -0.3 is 10.2 Å². The van der Waals surface area contributed by atoms with Crippen LogP contribution in [0.2, 0.25) is 5.02 Å². The summed E-state index contributed by atoms with van der Waals surface area (Å²) < 4.78 is 16.5. The summed E-state index contributed by atoms with van der Waals surface area (Å²) in [5.41, 5.74) is 2.60. The molecule has 5 rings (SSSR count). The van der Waals surface area contributed by atoms with Crippen LogP contribution in [-0.2, 0) is 11.3 Å². The molecule has 1 saturated heterocycles. The van der Waals surface area contributed by atoms with Crippen molar-refractivity contribution in [1.29, 1.82) is 0 Å². The first-order valence-corrected chi connectivity index (χ1v) is 12.6. The van der Waals surface area contributed by atoms with Gasteiger partial charge in [0.15, 0.2) is 5.65 Å². The van der Waals surface area contributed by atoms with Crippen molar-refractivity contribution in [2.24, 2.45) is 0 Å². The summed E-state index contributed by atoms with van der Waals surface area (Å²) in [5.74, 6) is 0.332. The van der Waals surface area contributed by atoms with Crippen LogP contribution in [-0.4, -0.2) is 63.3 Å². The SMILES string of the molecule is Cc1ccc(-n2cc3c(N4CCN(C)C(C(=O)NCc5ccc(Br)c(Cl)c5)C4)ncnc3n2)cc1F. The summed E-state index contributed by atoms with van der Waals surface area (Å²) >= 11 is 9.56. The molecule has 0 radical (unpaired) electrons. The number of halogens is 3. The highest BCUT2D eigenvalue weighted by atomic mass is 79.9. The molecule has 36 heavy (non-hydrogen) atoms. The Bertz CT molecular complexity index is 1450. The summed E-state index contributed by atoms with van der Waals surface area (Å²) in [4.78, 5) is 26.0. The van der Waals surface area contributed by atoms with Crippen LogP contribution >= 0.6 is 27.5 Å². The van der Waals surface area contributed by atoms with E-state index in [0.717, 1.165) is 15.4 Å². The third-order valence-electron chi connectivity index (χ3n) is 6.42. The van der Waals surface area contributed by atoms with Crippen LogP contribution in [0, 0.1) is 12.7 Å². The van der Waals surface area contributed by atoms with Crippen molar-refractivity contribution in [3.8, 4) is 5.69 Å². The van der Waals surface area contributed by atoms with Crippen molar-refractivity contribution in [2.45, 2.75) is 19.5 Å². The number of benzene rings is 2. The van der Waals surface area contributed by atoms with Crippen molar-refractivity contribution < 1.29 is 9.18 Å². The zero-order valence-corrected chi connectivity index (χ0v) is 22.1. The highest BCUT2D eigenvalue weighted by Gasteiger charge is 2.31. The van der Waals surface area contributed by atoms with E-state index in [2.05, 4.69) is 41.2 Å². The van der Waals surface area contributed by atoms with Crippen molar-refractivity contribution >= 4 is 50.3 Å². The van der Waals surface area contributed by atoms with Gasteiger partial charge in [-0.05, 0) is 65.3 Å². The maximum Gasteiger partial charge on any atom is 0.239 e. The Morgan fingerprint density at radius 1 is 1.22 bits per heavy atom. The standard InChI is InChI=1S/C25H24BrClFN7O/c1-15-3-5-17(10-21(15)28)35-12-18-23(32-35)30-14-31-24(18)34-8-7-33(2)22(13-34)25(36)29-11-16-4-6-19(26)20(27)9-16/h3-6,9-10,12,14,22H,7-8,11,13H2,1-2H3,(H,29,36). The predicted molar refractivity (Wildman–Crippen MR) is 141 cm³/mol. The van der Waals surface area contributed by atoms with Gasteiger partial charge in [0.25, 0.3) is 0 Å². The van der Waals surface area contributed by atoms with Crippen molar-refractivity contribution in [1.82, 2.24) is 30.0 Å². The molecule has 1 amide bonds. The summed E-state index contributed by atoms with van der Waals surface area (Å²) in [6, 6.07) is 10.2. The lowest BCUT2D eigenvalue weighted by Crippen LogP contribution is -2.57. The molecule has 11 heteroatoms. The summed E-state index contributed by atoms with van der Waals surface area (Å²) in [6.07, 6.45) is 3.27. The van der Waals surface area contributed by atoms with E-state index < -0.39 is 0 Å². The van der Waals surface area contributed by atoms with Gasteiger partial charge in [-0.15, -0.1) is 5.10 Å². The van der Waals surface area contributed by atoms with Gasteiger partial charge >= 0.3 is 0 Å². The smallest absolute Gasteiger partial charge is 0.239 e. The number of hydrogen-bond acceptors (Lipinski definition) is 6. The minimum absolute atomic E-state index is 0.0719. The first-order chi connectivity index (χ1) is 17.3. The average molecular weight is 573 g/mol. The van der Waals surface area contributed by atoms with Gasteiger partial charge in [0.1, 0.15) is 24.0 Å². The molecule has 3 heterocycles. The number of nitrogens with zero attached hydrogens (tertiary/aromatic N) is 6. The molecule has 2 aromatic heterocycles. The quantitative estimate of drug-likeness (QED) is 0.388. The predicted octanol–water partition coefficient (Wildman–Crippen LogP) is 4.12. The molecule has 1 aliphatic heterocycles. The second-order valence-corrected chi connectivity index (χ2v) is 10.1. The van der Waals surface area contributed by atoms with Gasteiger partial charge in [-0.3, -0.25) is 9.69 Å². The van der Waals surface area contributed by atoms with E-state index in [9.17, 15) is 9.18 Å². The maximum atomic E-state index is 14.1. The van der Waals surface area contributed by atoms with E-state index >= 15 is 0 Å². The van der Waals surface area contributed by atoms with Crippen LogP contribution in [0.1, 0.15) is 11.1 Å². The van der Waals surface area contributed by atoms with Crippen LogP contribution in [0.3, 0.4) is 0 Å². The summed E-state index contributed by atoms with van der Waals surface area (Å²) in [7, 11) is 1.94. The molecular weight excluding hydrogens is 549 g/mol. The Hall–Kier alpha value is -3.08. The molecule has 1 fully saturated rings. The lowest BCUT2D eigenvalue weighted by atomic mass is 10.1. The Balaban J connectivity index is 1.35. The minimum Gasteiger partial charge on any atom is -0.353 e. The number of piperazine rings is 1. The number of anilines is 1. The van der Waals surface area contributed by atoms with Crippen molar-refractivity contribution in [3.05, 3.63) is 75.4 Å². The van der Waals surface area contributed by atoms with Crippen LogP contribution in [0.5, 0.6) is 0 Å².